The monoisotopic (exact) mass is 500 g/mol. The Hall–Kier alpha value is -2.11. The van der Waals surface area contributed by atoms with Crippen LogP contribution in [0.4, 0.5) is 5.69 Å². The standard InChI is InChI=1S/C18H28N8O.HI/c1-4-19-18(20-6-5-7-25-12-15(2)10-22-25)24-8-9-26(17(27)14-24)16-11-21-23(3)13-16;/h10-13H,4-9,14H2,1-3H3,(H,19,20);1H. The molecule has 1 amide bonds. The smallest absolute Gasteiger partial charge is 0.246 e. The van der Waals surface area contributed by atoms with E-state index in [1.54, 1.807) is 15.8 Å². The summed E-state index contributed by atoms with van der Waals surface area (Å²) >= 11 is 0. The average Bonchev–Trinajstić information content (AvgIpc) is 3.26. The lowest BCUT2D eigenvalue weighted by Gasteiger charge is -2.35. The van der Waals surface area contributed by atoms with Crippen molar-refractivity contribution in [3.05, 3.63) is 30.4 Å². The Morgan fingerprint density at radius 2 is 2.07 bits per heavy atom. The first-order valence-electron chi connectivity index (χ1n) is 9.38. The second kappa shape index (κ2) is 10.4. The topological polar surface area (TPSA) is 83.6 Å². The van der Waals surface area contributed by atoms with E-state index in [4.69, 9.17) is 4.99 Å². The molecule has 154 valence electrons. The van der Waals surface area contributed by atoms with Crippen LogP contribution in [0.5, 0.6) is 0 Å². The van der Waals surface area contributed by atoms with Crippen LogP contribution < -0.4 is 10.2 Å². The summed E-state index contributed by atoms with van der Waals surface area (Å²) in [5.74, 6) is 0.861. The molecule has 1 aliphatic rings. The third-order valence-electron chi connectivity index (χ3n) is 4.43. The van der Waals surface area contributed by atoms with Gasteiger partial charge in [-0.1, -0.05) is 0 Å². The number of guanidine groups is 1. The van der Waals surface area contributed by atoms with Crippen LogP contribution in [0.1, 0.15) is 18.9 Å². The molecular weight excluding hydrogens is 471 g/mol. The molecule has 2 aromatic heterocycles. The minimum absolute atomic E-state index is 0. The third kappa shape index (κ3) is 5.69. The minimum atomic E-state index is 0. The fourth-order valence-electron chi connectivity index (χ4n) is 3.11. The lowest BCUT2D eigenvalue weighted by molar-refractivity contribution is -0.120. The molecule has 9 nitrogen and oxygen atoms in total. The van der Waals surface area contributed by atoms with E-state index in [9.17, 15) is 4.79 Å². The van der Waals surface area contributed by atoms with Crippen LogP contribution in [0.2, 0.25) is 0 Å². The molecular formula is C18H29IN8O. The number of nitrogens with one attached hydrogen (secondary N) is 1. The summed E-state index contributed by atoms with van der Waals surface area (Å²) in [5.41, 5.74) is 2.01. The van der Waals surface area contributed by atoms with Gasteiger partial charge >= 0.3 is 0 Å². The molecule has 0 aliphatic carbocycles. The first-order valence-corrected chi connectivity index (χ1v) is 9.38. The summed E-state index contributed by atoms with van der Waals surface area (Å²) in [6.07, 6.45) is 8.39. The van der Waals surface area contributed by atoms with E-state index in [1.807, 2.05) is 49.1 Å². The Bertz CT molecular complexity index is 799. The van der Waals surface area contributed by atoms with E-state index in [2.05, 4.69) is 15.5 Å². The number of amides is 1. The van der Waals surface area contributed by atoms with Gasteiger partial charge in [0, 0.05) is 52.2 Å². The fourth-order valence-corrected chi connectivity index (χ4v) is 3.11. The van der Waals surface area contributed by atoms with Crippen molar-refractivity contribution >= 4 is 41.5 Å². The Morgan fingerprint density at radius 1 is 1.25 bits per heavy atom. The highest BCUT2D eigenvalue weighted by molar-refractivity contribution is 14.0. The summed E-state index contributed by atoms with van der Waals surface area (Å²) in [6.45, 7) is 8.06. The maximum absolute atomic E-state index is 12.6. The second-order valence-electron chi connectivity index (χ2n) is 6.71. The van der Waals surface area contributed by atoms with Crippen LogP contribution in [-0.2, 0) is 18.4 Å². The number of aliphatic imine (C=N–C) groups is 1. The zero-order chi connectivity index (χ0) is 19.2. The minimum Gasteiger partial charge on any atom is -0.357 e. The summed E-state index contributed by atoms with van der Waals surface area (Å²) in [6, 6.07) is 0. The van der Waals surface area contributed by atoms with E-state index in [0.29, 0.717) is 19.6 Å². The zero-order valence-corrected chi connectivity index (χ0v) is 19.0. The molecule has 0 atom stereocenters. The van der Waals surface area contributed by atoms with Gasteiger partial charge in [0.25, 0.3) is 0 Å². The molecule has 0 unspecified atom stereocenters. The first-order chi connectivity index (χ1) is 13.1. The Morgan fingerprint density at radius 3 is 2.68 bits per heavy atom. The van der Waals surface area contributed by atoms with Crippen molar-refractivity contribution in [2.75, 3.05) is 37.6 Å². The fraction of sp³-hybridized carbons (Fsp3) is 0.556. The number of aromatic nitrogens is 4. The van der Waals surface area contributed by atoms with Crippen LogP contribution in [0.3, 0.4) is 0 Å². The number of carbonyl (C=O) groups is 1. The summed E-state index contributed by atoms with van der Waals surface area (Å²) in [5, 5.41) is 11.7. The number of aryl methyl sites for hydroxylation is 3. The number of halogens is 1. The molecule has 1 fully saturated rings. The van der Waals surface area contributed by atoms with Crippen LogP contribution >= 0.6 is 24.0 Å². The molecule has 3 heterocycles. The highest BCUT2D eigenvalue weighted by Gasteiger charge is 2.27. The van der Waals surface area contributed by atoms with E-state index in [0.717, 1.165) is 43.3 Å². The van der Waals surface area contributed by atoms with Crippen molar-refractivity contribution in [1.29, 1.82) is 0 Å². The van der Waals surface area contributed by atoms with Crippen molar-refractivity contribution in [2.45, 2.75) is 26.8 Å². The molecule has 28 heavy (non-hydrogen) atoms. The first kappa shape index (κ1) is 22.2. The molecule has 0 saturated carbocycles. The quantitative estimate of drug-likeness (QED) is 0.280. The van der Waals surface area contributed by atoms with Gasteiger partial charge in [-0.15, -0.1) is 24.0 Å². The van der Waals surface area contributed by atoms with Gasteiger partial charge in [0.1, 0.15) is 6.54 Å². The number of nitrogens with zero attached hydrogens (tertiary/aromatic N) is 7. The summed E-state index contributed by atoms with van der Waals surface area (Å²) in [4.78, 5) is 21.1. The van der Waals surface area contributed by atoms with Gasteiger partial charge < -0.3 is 15.1 Å². The Kier molecular flexibility index (Phi) is 8.27. The molecule has 0 radical (unpaired) electrons. The molecule has 10 heteroatoms. The predicted molar refractivity (Wildman–Crippen MR) is 120 cm³/mol. The Labute approximate surface area is 182 Å². The van der Waals surface area contributed by atoms with Gasteiger partial charge in [-0.25, -0.2) is 0 Å². The molecule has 1 N–H and O–H groups in total. The van der Waals surface area contributed by atoms with Gasteiger partial charge in [-0.05, 0) is 25.8 Å². The normalized spacial score (nSPS) is 15.0. The van der Waals surface area contributed by atoms with E-state index in [-0.39, 0.29) is 29.9 Å². The van der Waals surface area contributed by atoms with Crippen LogP contribution in [0.15, 0.2) is 29.8 Å². The average molecular weight is 500 g/mol. The number of piperazine rings is 1. The van der Waals surface area contributed by atoms with Crippen LogP contribution in [0, 0.1) is 6.92 Å². The molecule has 0 spiro atoms. The van der Waals surface area contributed by atoms with Crippen molar-refractivity contribution in [1.82, 2.24) is 29.8 Å². The van der Waals surface area contributed by atoms with E-state index < -0.39 is 0 Å². The molecule has 0 aromatic carbocycles. The Balaban J connectivity index is 0.00000280. The molecule has 1 saturated heterocycles. The highest BCUT2D eigenvalue weighted by Crippen LogP contribution is 2.16. The van der Waals surface area contributed by atoms with E-state index >= 15 is 0 Å². The van der Waals surface area contributed by atoms with Gasteiger partial charge in [0.2, 0.25) is 5.91 Å². The van der Waals surface area contributed by atoms with Crippen molar-refractivity contribution < 1.29 is 4.79 Å². The number of rotatable bonds is 6. The van der Waals surface area contributed by atoms with Gasteiger partial charge in [0.05, 0.1) is 18.1 Å². The van der Waals surface area contributed by atoms with Crippen molar-refractivity contribution in [3.8, 4) is 0 Å². The summed E-state index contributed by atoms with van der Waals surface area (Å²) in [7, 11) is 1.85. The predicted octanol–water partition coefficient (Wildman–Crippen LogP) is 1.25. The number of hydrogen-bond donors (Lipinski definition) is 1. The van der Waals surface area contributed by atoms with Crippen molar-refractivity contribution in [2.24, 2.45) is 12.0 Å². The lowest BCUT2D eigenvalue weighted by Crippen LogP contribution is -2.55. The SMILES string of the molecule is CCNC(=NCCCn1cc(C)cn1)N1CCN(c2cnn(C)c2)C(=O)C1.I. The lowest BCUT2D eigenvalue weighted by atomic mass is 10.3. The zero-order valence-electron chi connectivity index (χ0n) is 16.7. The van der Waals surface area contributed by atoms with Gasteiger partial charge in [0.15, 0.2) is 5.96 Å². The molecule has 2 aromatic rings. The van der Waals surface area contributed by atoms with E-state index in [1.165, 1.54) is 0 Å². The van der Waals surface area contributed by atoms with Crippen LogP contribution in [-0.4, -0.2) is 69.1 Å². The number of anilines is 1. The number of hydrogen-bond acceptors (Lipinski definition) is 4. The molecule has 1 aliphatic heterocycles. The third-order valence-corrected chi connectivity index (χ3v) is 4.43. The van der Waals surface area contributed by atoms with Gasteiger partial charge in [-0.3, -0.25) is 19.2 Å². The maximum atomic E-state index is 12.6. The maximum Gasteiger partial charge on any atom is 0.246 e. The molecule has 3 rings (SSSR count). The second-order valence-corrected chi connectivity index (χ2v) is 6.71. The number of carbonyl (C=O) groups excluding carboxylic acids is 1. The van der Waals surface area contributed by atoms with Crippen LogP contribution in [0.25, 0.3) is 0 Å². The highest BCUT2D eigenvalue weighted by atomic mass is 127. The largest absolute Gasteiger partial charge is 0.357 e. The van der Waals surface area contributed by atoms with Gasteiger partial charge in [-0.2, -0.15) is 10.2 Å². The summed E-state index contributed by atoms with van der Waals surface area (Å²) < 4.78 is 3.65. The van der Waals surface area contributed by atoms with Crippen molar-refractivity contribution in [3.63, 3.8) is 0 Å². The molecule has 0 bridgehead atoms.